The summed E-state index contributed by atoms with van der Waals surface area (Å²) in [6.45, 7) is 1.22. The van der Waals surface area contributed by atoms with Crippen molar-refractivity contribution in [2.24, 2.45) is 11.5 Å². The first-order valence-corrected chi connectivity index (χ1v) is 5.62. The summed E-state index contributed by atoms with van der Waals surface area (Å²) >= 11 is 3.37. The minimum absolute atomic E-state index is 0.435. The second-order valence-electron chi connectivity index (χ2n) is 3.15. The van der Waals surface area contributed by atoms with Gasteiger partial charge in [0, 0.05) is 28.8 Å². The Morgan fingerprint density at radius 3 is 2.75 bits per heavy atom. The number of carbonyl (C=O) groups excluding carboxylic acids is 1. The molecule has 0 aliphatic carbocycles. The second-order valence-corrected chi connectivity index (χ2v) is 4.00. The van der Waals surface area contributed by atoms with Crippen molar-refractivity contribution in [3.8, 4) is 0 Å². The number of nitrogens with two attached hydrogens (primary N) is 2. The molecule has 0 aliphatic heterocycles. The molecule has 0 aliphatic rings. The molecule has 0 unspecified atom stereocenters. The van der Waals surface area contributed by atoms with Gasteiger partial charge in [0.25, 0.3) is 0 Å². The lowest BCUT2D eigenvalue weighted by Gasteiger charge is -2.07. The largest absolute Gasteiger partial charge is 0.381 e. The Bertz CT molecular complexity index is 404. The molecular weight excluding hydrogens is 270 g/mol. The molecule has 0 aromatic heterocycles. The average Bonchev–Trinajstić information content (AvgIpc) is 2.26. The second kappa shape index (κ2) is 6.30. The van der Waals surface area contributed by atoms with Crippen molar-refractivity contribution in [1.82, 2.24) is 0 Å². The van der Waals surface area contributed by atoms with E-state index in [1.54, 1.807) is 18.2 Å². The van der Waals surface area contributed by atoms with Crippen LogP contribution < -0.4 is 16.8 Å². The monoisotopic (exact) mass is 283 g/mol. The summed E-state index contributed by atoms with van der Waals surface area (Å²) in [5.41, 5.74) is 11.9. The normalized spacial score (nSPS) is 10.6. The zero-order valence-corrected chi connectivity index (χ0v) is 10.3. The van der Waals surface area contributed by atoms with Gasteiger partial charge in [-0.25, -0.2) is 0 Å². The van der Waals surface area contributed by atoms with Crippen LogP contribution in [0.15, 0.2) is 34.8 Å². The molecule has 0 spiro atoms. The zero-order valence-electron chi connectivity index (χ0n) is 8.74. The molecule has 0 fully saturated rings. The first kappa shape index (κ1) is 12.7. The minimum Gasteiger partial charge on any atom is -0.381 e. The number of rotatable bonds is 5. The van der Waals surface area contributed by atoms with Crippen molar-refractivity contribution in [2.45, 2.75) is 0 Å². The van der Waals surface area contributed by atoms with Crippen LogP contribution >= 0.6 is 15.9 Å². The third-order valence-electron chi connectivity index (χ3n) is 1.97. The number of amides is 1. The van der Waals surface area contributed by atoms with Crippen LogP contribution in [-0.4, -0.2) is 19.0 Å². The third kappa shape index (κ3) is 3.67. The molecule has 0 bridgehead atoms. The molecule has 1 amide bonds. The molecule has 5 heteroatoms. The first-order valence-electron chi connectivity index (χ1n) is 4.83. The predicted octanol–water partition coefficient (Wildman–Crippen LogP) is 1.47. The van der Waals surface area contributed by atoms with Crippen molar-refractivity contribution in [3.05, 3.63) is 40.4 Å². The van der Waals surface area contributed by atoms with Crippen molar-refractivity contribution in [3.63, 3.8) is 0 Å². The highest BCUT2D eigenvalue weighted by molar-refractivity contribution is 9.10. The summed E-state index contributed by atoms with van der Waals surface area (Å²) in [4.78, 5) is 10.9. The van der Waals surface area contributed by atoms with E-state index in [9.17, 15) is 4.79 Å². The summed E-state index contributed by atoms with van der Waals surface area (Å²) in [6.07, 6.45) is 3.81. The van der Waals surface area contributed by atoms with Crippen LogP contribution in [0.3, 0.4) is 0 Å². The number of hydrogen-bond donors (Lipinski definition) is 3. The van der Waals surface area contributed by atoms with Crippen LogP contribution in [0.1, 0.15) is 10.4 Å². The van der Waals surface area contributed by atoms with Crippen molar-refractivity contribution >= 4 is 27.5 Å². The molecular formula is C11H14BrN3O. The highest BCUT2D eigenvalue weighted by Crippen LogP contribution is 2.23. The van der Waals surface area contributed by atoms with Gasteiger partial charge in [-0.1, -0.05) is 12.2 Å². The Morgan fingerprint density at radius 1 is 1.44 bits per heavy atom. The number of halogens is 1. The Morgan fingerprint density at radius 2 is 2.19 bits per heavy atom. The van der Waals surface area contributed by atoms with Gasteiger partial charge in [-0.3, -0.25) is 4.79 Å². The maximum atomic E-state index is 10.9. The van der Waals surface area contributed by atoms with Gasteiger partial charge in [0.15, 0.2) is 0 Å². The van der Waals surface area contributed by atoms with Crippen LogP contribution in [-0.2, 0) is 0 Å². The third-order valence-corrected chi connectivity index (χ3v) is 2.62. The molecule has 16 heavy (non-hydrogen) atoms. The maximum absolute atomic E-state index is 10.9. The Kier molecular flexibility index (Phi) is 5.01. The fourth-order valence-corrected chi connectivity index (χ4v) is 1.68. The van der Waals surface area contributed by atoms with Gasteiger partial charge < -0.3 is 16.8 Å². The standard InChI is InChI=1S/C11H14BrN3O/c12-9-7-8(11(14)16)3-4-10(9)15-6-2-1-5-13/h1-4,7,15H,5-6,13H2,(H2,14,16)/b2-1+. The van der Waals surface area contributed by atoms with Crippen LogP contribution in [0.25, 0.3) is 0 Å². The molecule has 0 saturated carbocycles. The van der Waals surface area contributed by atoms with E-state index in [1.165, 1.54) is 0 Å². The molecule has 5 N–H and O–H groups in total. The Hall–Kier alpha value is -1.33. The van der Waals surface area contributed by atoms with Gasteiger partial charge in [-0.05, 0) is 34.1 Å². The first-order chi connectivity index (χ1) is 7.65. The van der Waals surface area contributed by atoms with Crippen molar-refractivity contribution in [1.29, 1.82) is 0 Å². The van der Waals surface area contributed by atoms with E-state index in [0.717, 1.165) is 10.2 Å². The molecule has 1 rings (SSSR count). The lowest BCUT2D eigenvalue weighted by atomic mass is 10.2. The molecule has 1 aromatic rings. The summed E-state index contributed by atoms with van der Waals surface area (Å²) in [7, 11) is 0. The molecule has 0 atom stereocenters. The number of hydrogen-bond acceptors (Lipinski definition) is 3. The van der Waals surface area contributed by atoms with E-state index in [2.05, 4.69) is 21.2 Å². The van der Waals surface area contributed by atoms with Crippen LogP contribution in [0.2, 0.25) is 0 Å². The van der Waals surface area contributed by atoms with Gasteiger partial charge in [0.2, 0.25) is 5.91 Å². The molecule has 86 valence electrons. The number of carbonyl (C=O) groups is 1. The average molecular weight is 284 g/mol. The van der Waals surface area contributed by atoms with E-state index in [0.29, 0.717) is 18.7 Å². The highest BCUT2D eigenvalue weighted by atomic mass is 79.9. The predicted molar refractivity (Wildman–Crippen MR) is 69.3 cm³/mol. The molecule has 0 heterocycles. The van der Waals surface area contributed by atoms with Gasteiger partial charge >= 0.3 is 0 Å². The Balaban J connectivity index is 2.68. The fourth-order valence-electron chi connectivity index (χ4n) is 1.16. The lowest BCUT2D eigenvalue weighted by Crippen LogP contribution is -2.11. The van der Waals surface area contributed by atoms with E-state index in [1.807, 2.05) is 12.2 Å². The zero-order chi connectivity index (χ0) is 12.0. The summed E-state index contributed by atoms with van der Waals surface area (Å²) < 4.78 is 0.810. The van der Waals surface area contributed by atoms with E-state index < -0.39 is 5.91 Å². The van der Waals surface area contributed by atoms with Gasteiger partial charge in [-0.2, -0.15) is 0 Å². The van der Waals surface area contributed by atoms with Gasteiger partial charge in [-0.15, -0.1) is 0 Å². The van der Waals surface area contributed by atoms with E-state index in [4.69, 9.17) is 11.5 Å². The quantitative estimate of drug-likeness (QED) is 0.716. The summed E-state index contributed by atoms with van der Waals surface area (Å²) in [6, 6.07) is 5.18. The summed E-state index contributed by atoms with van der Waals surface area (Å²) in [5, 5.41) is 3.17. The number of primary amides is 1. The van der Waals surface area contributed by atoms with Gasteiger partial charge in [0.05, 0.1) is 0 Å². The number of benzene rings is 1. The number of anilines is 1. The van der Waals surface area contributed by atoms with Crippen LogP contribution in [0.5, 0.6) is 0 Å². The van der Waals surface area contributed by atoms with E-state index in [-0.39, 0.29) is 0 Å². The SMILES string of the molecule is NC/C=C/CNc1ccc(C(N)=O)cc1Br. The van der Waals surface area contributed by atoms with Crippen molar-refractivity contribution < 1.29 is 4.79 Å². The maximum Gasteiger partial charge on any atom is 0.248 e. The van der Waals surface area contributed by atoms with Crippen molar-refractivity contribution in [2.75, 3.05) is 18.4 Å². The van der Waals surface area contributed by atoms with Gasteiger partial charge in [0.1, 0.15) is 0 Å². The molecule has 1 aromatic carbocycles. The lowest BCUT2D eigenvalue weighted by molar-refractivity contribution is 0.100. The van der Waals surface area contributed by atoms with Crippen LogP contribution in [0, 0.1) is 0 Å². The van der Waals surface area contributed by atoms with E-state index >= 15 is 0 Å². The van der Waals surface area contributed by atoms with Crippen LogP contribution in [0.4, 0.5) is 5.69 Å². The smallest absolute Gasteiger partial charge is 0.248 e. The topological polar surface area (TPSA) is 81.1 Å². The number of nitrogens with one attached hydrogen (secondary N) is 1. The Labute approximate surface area is 103 Å². The molecule has 0 saturated heterocycles. The molecule has 4 nitrogen and oxygen atoms in total. The highest BCUT2D eigenvalue weighted by Gasteiger charge is 2.03. The fraction of sp³-hybridized carbons (Fsp3) is 0.182. The molecule has 0 radical (unpaired) electrons. The minimum atomic E-state index is -0.435. The summed E-state index contributed by atoms with van der Waals surface area (Å²) in [5.74, 6) is -0.435.